The number of esters is 2. The fourth-order valence-corrected chi connectivity index (χ4v) is 4.14. The average Bonchev–Trinajstić information content (AvgIpc) is 2.85. The van der Waals surface area contributed by atoms with Crippen LogP contribution in [0.4, 0.5) is 0 Å². The molecule has 0 heterocycles. The first-order chi connectivity index (χ1) is 17.6. The van der Waals surface area contributed by atoms with Gasteiger partial charge in [-0.1, -0.05) is 61.7 Å². The fourth-order valence-electron chi connectivity index (χ4n) is 3.51. The summed E-state index contributed by atoms with van der Waals surface area (Å²) in [6.07, 6.45) is 4.61. The van der Waals surface area contributed by atoms with Gasteiger partial charge in [0.15, 0.2) is 9.84 Å². The van der Waals surface area contributed by atoms with E-state index in [0.717, 1.165) is 25.5 Å². The van der Waals surface area contributed by atoms with Crippen molar-refractivity contribution >= 4 is 32.9 Å². The number of benzene rings is 2. The highest BCUT2D eigenvalue weighted by atomic mass is 32.2. The van der Waals surface area contributed by atoms with Crippen LogP contribution >= 0.6 is 0 Å². The molecule has 0 spiro atoms. The lowest BCUT2D eigenvalue weighted by molar-refractivity contribution is -0.757. The molecule has 11 heteroatoms. The third-order valence-electron chi connectivity index (χ3n) is 5.34. The Balaban J connectivity index is 2.22. The van der Waals surface area contributed by atoms with E-state index in [1.165, 1.54) is 19.1 Å². The second-order valence-corrected chi connectivity index (χ2v) is 10.3. The van der Waals surface area contributed by atoms with Gasteiger partial charge in [0.2, 0.25) is 0 Å². The molecule has 10 nitrogen and oxygen atoms in total. The lowest BCUT2D eigenvalue weighted by Gasteiger charge is -2.16. The van der Waals surface area contributed by atoms with Gasteiger partial charge < -0.3 is 14.3 Å². The highest BCUT2D eigenvalue weighted by molar-refractivity contribution is 7.90. The summed E-state index contributed by atoms with van der Waals surface area (Å²) in [5.74, 6) is -1.13. The summed E-state index contributed by atoms with van der Waals surface area (Å²) in [6, 6.07) is 14.8. The lowest BCUT2D eigenvalue weighted by Crippen LogP contribution is -2.14. The topological polar surface area (TPSA) is 139 Å². The molecular formula is C26H31NO9S. The number of hydrogen-bond donors (Lipinski definition) is 0. The maximum Gasteiger partial charge on any atom is 0.339 e. The Kier molecular flexibility index (Phi) is 11.8. The molecule has 0 amide bonds. The van der Waals surface area contributed by atoms with Gasteiger partial charge in [0, 0.05) is 18.8 Å². The molecule has 0 unspecified atom stereocenters. The summed E-state index contributed by atoms with van der Waals surface area (Å²) >= 11 is 0. The van der Waals surface area contributed by atoms with E-state index in [1.807, 2.05) is 0 Å². The molecule has 0 N–H and O–H groups in total. The molecular weight excluding hydrogens is 502 g/mol. The van der Waals surface area contributed by atoms with Gasteiger partial charge in [0.05, 0.1) is 23.7 Å². The Morgan fingerprint density at radius 1 is 0.838 bits per heavy atom. The van der Waals surface area contributed by atoms with Crippen molar-refractivity contribution in [2.45, 2.75) is 43.9 Å². The molecule has 0 aliphatic carbocycles. The molecule has 37 heavy (non-hydrogen) atoms. The fraction of sp³-hybridized carbons (Fsp3) is 0.385. The van der Waals surface area contributed by atoms with E-state index in [-0.39, 0.29) is 30.3 Å². The second-order valence-electron chi connectivity index (χ2n) is 8.26. The van der Waals surface area contributed by atoms with Crippen molar-refractivity contribution in [2.75, 3.05) is 26.1 Å². The van der Waals surface area contributed by atoms with E-state index in [4.69, 9.17) is 9.47 Å². The van der Waals surface area contributed by atoms with Crippen LogP contribution in [-0.4, -0.2) is 51.5 Å². The van der Waals surface area contributed by atoms with Crippen molar-refractivity contribution in [3.8, 4) is 0 Å². The van der Waals surface area contributed by atoms with Crippen LogP contribution in [0.2, 0.25) is 0 Å². The zero-order chi connectivity index (χ0) is 27.3. The summed E-state index contributed by atoms with van der Waals surface area (Å²) in [5, 5.41) is 9.33. The number of nitrogens with zero attached hydrogens (tertiary/aromatic N) is 1. The lowest BCUT2D eigenvalue weighted by atomic mass is 9.95. The summed E-state index contributed by atoms with van der Waals surface area (Å²) in [5.41, 5.74) is 1.68. The van der Waals surface area contributed by atoms with Crippen LogP contribution in [0.5, 0.6) is 0 Å². The second kappa shape index (κ2) is 14.7. The molecule has 2 rings (SSSR count). The zero-order valence-electron chi connectivity index (χ0n) is 20.9. The molecule has 0 fully saturated rings. The Labute approximate surface area is 216 Å². The third kappa shape index (κ3) is 10.4. The van der Waals surface area contributed by atoms with Crippen LogP contribution in [0.25, 0.3) is 11.1 Å². The maximum atomic E-state index is 13.3. The van der Waals surface area contributed by atoms with Gasteiger partial charge in [-0.2, -0.15) is 0 Å². The first kappa shape index (κ1) is 29.5. The molecule has 0 aliphatic rings. The minimum atomic E-state index is -3.42. The van der Waals surface area contributed by atoms with E-state index in [2.05, 4.69) is 4.84 Å². The van der Waals surface area contributed by atoms with E-state index in [0.29, 0.717) is 29.5 Å². The maximum absolute atomic E-state index is 13.3. The molecule has 0 saturated heterocycles. The molecule has 200 valence electrons. The number of carbonyl (C=O) groups excluding carboxylic acids is 2. The molecule has 0 atom stereocenters. The molecule has 0 radical (unpaired) electrons. The minimum absolute atomic E-state index is 0.0590. The summed E-state index contributed by atoms with van der Waals surface area (Å²) in [6.45, 7) is 1.27. The van der Waals surface area contributed by atoms with Crippen molar-refractivity contribution in [1.29, 1.82) is 0 Å². The van der Waals surface area contributed by atoms with Crippen molar-refractivity contribution in [1.82, 2.24) is 0 Å². The number of carbonyl (C=O) groups is 2. The van der Waals surface area contributed by atoms with Crippen LogP contribution in [0.1, 0.15) is 50.2 Å². The largest absolute Gasteiger partial charge is 0.462 e. The number of sulfone groups is 1. The Bertz CT molecular complexity index is 1190. The van der Waals surface area contributed by atoms with E-state index < -0.39 is 26.9 Å². The number of rotatable bonds is 15. The van der Waals surface area contributed by atoms with E-state index in [9.17, 15) is 28.1 Å². The van der Waals surface area contributed by atoms with Crippen LogP contribution < -0.4 is 0 Å². The molecule has 0 aromatic heterocycles. The van der Waals surface area contributed by atoms with E-state index in [1.54, 1.807) is 42.5 Å². The van der Waals surface area contributed by atoms with Gasteiger partial charge in [0.25, 0.3) is 5.09 Å². The molecule has 2 aromatic carbocycles. The molecule has 0 aliphatic heterocycles. The van der Waals surface area contributed by atoms with Gasteiger partial charge in [-0.3, -0.25) is 4.79 Å². The highest BCUT2D eigenvalue weighted by Crippen LogP contribution is 2.29. The number of ether oxygens (including phenoxy) is 2. The summed E-state index contributed by atoms with van der Waals surface area (Å²) in [4.78, 5) is 39.4. The first-order valence-corrected chi connectivity index (χ1v) is 13.7. The first-order valence-electron chi connectivity index (χ1n) is 11.8. The Morgan fingerprint density at radius 3 is 2.00 bits per heavy atom. The van der Waals surface area contributed by atoms with Crippen molar-refractivity contribution in [3.05, 3.63) is 75.8 Å². The molecule has 2 aromatic rings. The average molecular weight is 534 g/mol. The van der Waals surface area contributed by atoms with Crippen molar-refractivity contribution in [2.24, 2.45) is 0 Å². The zero-order valence-corrected chi connectivity index (χ0v) is 21.7. The predicted molar refractivity (Wildman–Crippen MR) is 136 cm³/mol. The Morgan fingerprint density at radius 2 is 1.43 bits per heavy atom. The van der Waals surface area contributed by atoms with Crippen LogP contribution in [0, 0.1) is 10.1 Å². The molecule has 0 bridgehead atoms. The van der Waals surface area contributed by atoms with Gasteiger partial charge in [-0.05, 0) is 36.1 Å². The molecule has 0 saturated carbocycles. The minimum Gasteiger partial charge on any atom is -0.462 e. The quantitative estimate of drug-likeness (QED) is 0.0820. The van der Waals surface area contributed by atoms with Crippen LogP contribution in [0.3, 0.4) is 0 Å². The Hall–Kier alpha value is -3.73. The predicted octanol–water partition coefficient (Wildman–Crippen LogP) is 4.27. The summed E-state index contributed by atoms with van der Waals surface area (Å²) < 4.78 is 34.5. The highest BCUT2D eigenvalue weighted by Gasteiger charge is 2.22. The smallest absolute Gasteiger partial charge is 0.339 e. The van der Waals surface area contributed by atoms with Gasteiger partial charge >= 0.3 is 11.9 Å². The summed E-state index contributed by atoms with van der Waals surface area (Å²) in [7, 11) is -3.42. The van der Waals surface area contributed by atoms with E-state index >= 15 is 0 Å². The standard InChI is InChI=1S/C26H31NO9S/c1-20(28)35-19-24(21-13-15-23(16-14-21)37(2,32)33)25(22-11-7-6-8-12-22)26(29)34-17-9-4-3-5-10-18-36-27(30)31/h6-8,11-16H,3-5,9-10,17-19H2,1-2H3/b25-24+. The number of hydrogen-bond acceptors (Lipinski definition) is 9. The van der Waals surface area contributed by atoms with Gasteiger partial charge in [-0.25, -0.2) is 13.2 Å². The van der Waals surface area contributed by atoms with Crippen molar-refractivity contribution in [3.63, 3.8) is 0 Å². The van der Waals surface area contributed by atoms with Crippen LogP contribution in [0.15, 0.2) is 59.5 Å². The SMILES string of the molecule is CC(=O)OC/C(=C(\C(=O)OCCCCCCCO[N+](=O)[O-])c1ccccc1)c1ccc(S(C)(=O)=O)cc1. The van der Waals surface area contributed by atoms with Gasteiger partial charge in [-0.15, -0.1) is 10.1 Å². The monoisotopic (exact) mass is 533 g/mol. The third-order valence-corrected chi connectivity index (χ3v) is 6.47. The van der Waals surface area contributed by atoms with Crippen molar-refractivity contribution < 1.29 is 37.4 Å². The number of unbranched alkanes of at least 4 members (excludes halogenated alkanes) is 4. The normalized spacial score (nSPS) is 11.8. The van der Waals surface area contributed by atoms with Gasteiger partial charge in [0.1, 0.15) is 6.61 Å². The van der Waals surface area contributed by atoms with Crippen LogP contribution in [-0.2, 0) is 33.7 Å².